The maximum absolute atomic E-state index is 12.5. The van der Waals surface area contributed by atoms with Gasteiger partial charge in [-0.1, -0.05) is 34.6 Å². The molecule has 2 unspecified atom stereocenters. The van der Waals surface area contributed by atoms with Gasteiger partial charge in [-0.25, -0.2) is 13.8 Å². The van der Waals surface area contributed by atoms with E-state index in [4.69, 9.17) is 19.6 Å². The number of amides is 1. The van der Waals surface area contributed by atoms with Gasteiger partial charge in [0, 0.05) is 23.7 Å². The summed E-state index contributed by atoms with van der Waals surface area (Å²) in [6.45, 7) is 3.10. The zero-order valence-electron chi connectivity index (χ0n) is 19.0. The summed E-state index contributed by atoms with van der Waals surface area (Å²) >= 11 is 3.34. The summed E-state index contributed by atoms with van der Waals surface area (Å²) in [6.07, 6.45) is 2.01. The van der Waals surface area contributed by atoms with E-state index in [2.05, 4.69) is 43.5 Å². The summed E-state index contributed by atoms with van der Waals surface area (Å²) in [4.78, 5) is 16.1. The second kappa shape index (κ2) is 15.4. The van der Waals surface area contributed by atoms with Crippen LogP contribution in [0, 0.1) is 5.41 Å². The van der Waals surface area contributed by atoms with E-state index in [0.29, 0.717) is 22.9 Å². The number of rotatable bonds is 15. The third kappa shape index (κ3) is 9.61. The monoisotopic (exact) mass is 543 g/mol. The lowest BCUT2D eigenvalue weighted by molar-refractivity contribution is 0.0892. The average Bonchev–Trinajstić information content (AvgIpc) is 2.83. The van der Waals surface area contributed by atoms with Crippen LogP contribution in [0.15, 0.2) is 65.4 Å². The van der Waals surface area contributed by atoms with Crippen LogP contribution in [0.2, 0.25) is 0 Å². The normalized spacial score (nSPS) is 13.7. The van der Waals surface area contributed by atoms with E-state index in [0.717, 1.165) is 6.21 Å². The molecule has 4 N–H and O–H groups in total. The standard InChI is InChI=1S/C22H28BrF2N5O4/c1-14(9-18(33-3)19(34-4)12-32-2)28-13-29-21(16(23)10-26)30-17-8-6-5-7-15(17)22(31)27-11-20(24)25/h5-10,12-13,16,20-21,26,30H,1,11H2,2-4H3,(H,27,31)(H,28,29)/b18-9+,19-12-,26-10?. The van der Waals surface area contributed by atoms with Gasteiger partial charge in [0.15, 0.2) is 11.5 Å². The first-order valence-corrected chi connectivity index (χ1v) is 10.8. The van der Waals surface area contributed by atoms with E-state index in [9.17, 15) is 13.6 Å². The Morgan fingerprint density at radius 3 is 2.50 bits per heavy atom. The van der Waals surface area contributed by atoms with Crippen LogP contribution in [0.5, 0.6) is 0 Å². The van der Waals surface area contributed by atoms with Gasteiger partial charge in [0.05, 0.1) is 44.6 Å². The molecule has 1 rings (SSSR count). The van der Waals surface area contributed by atoms with E-state index in [-0.39, 0.29) is 5.56 Å². The van der Waals surface area contributed by atoms with E-state index in [1.54, 1.807) is 24.3 Å². The molecule has 0 bridgehead atoms. The summed E-state index contributed by atoms with van der Waals surface area (Å²) in [6, 6.07) is 6.40. The van der Waals surface area contributed by atoms with E-state index < -0.39 is 29.9 Å². The Bertz CT molecular complexity index is 924. The number of benzene rings is 1. The van der Waals surface area contributed by atoms with Crippen LogP contribution in [0.25, 0.3) is 0 Å². The minimum atomic E-state index is -2.66. The molecule has 0 aliphatic carbocycles. The highest BCUT2D eigenvalue weighted by Gasteiger charge is 2.19. The van der Waals surface area contributed by atoms with Gasteiger partial charge in [0.1, 0.15) is 12.4 Å². The molecule has 0 aliphatic heterocycles. The molecule has 0 aliphatic rings. The van der Waals surface area contributed by atoms with Gasteiger partial charge in [-0.2, -0.15) is 0 Å². The highest BCUT2D eigenvalue weighted by molar-refractivity contribution is 9.10. The topological polar surface area (TPSA) is 117 Å². The number of nitrogens with one attached hydrogen (secondary N) is 4. The Balaban J connectivity index is 3.00. The van der Waals surface area contributed by atoms with Crippen LogP contribution in [0.1, 0.15) is 10.4 Å². The number of carbonyl (C=O) groups excluding carboxylic acids is 1. The zero-order valence-corrected chi connectivity index (χ0v) is 20.6. The third-order valence-electron chi connectivity index (χ3n) is 4.05. The van der Waals surface area contributed by atoms with Crippen LogP contribution >= 0.6 is 15.9 Å². The molecule has 9 nitrogen and oxygen atoms in total. The summed E-state index contributed by atoms with van der Waals surface area (Å²) in [5.41, 5.74) is 0.929. The van der Waals surface area contributed by atoms with Gasteiger partial charge in [0.2, 0.25) is 0 Å². The Morgan fingerprint density at radius 1 is 1.24 bits per heavy atom. The lowest BCUT2D eigenvalue weighted by Gasteiger charge is -2.20. The number of nitrogens with zero attached hydrogens (tertiary/aromatic N) is 1. The van der Waals surface area contributed by atoms with Gasteiger partial charge < -0.3 is 35.6 Å². The minimum Gasteiger partial charge on any atom is -0.500 e. The molecule has 0 saturated heterocycles. The molecule has 0 heterocycles. The number of hydrogen-bond donors (Lipinski definition) is 4. The molecule has 0 aromatic heterocycles. The van der Waals surface area contributed by atoms with Crippen molar-refractivity contribution in [1.82, 2.24) is 10.6 Å². The fourth-order valence-electron chi connectivity index (χ4n) is 2.47. The van der Waals surface area contributed by atoms with Crippen molar-refractivity contribution >= 4 is 40.1 Å². The van der Waals surface area contributed by atoms with Crippen molar-refractivity contribution in [3.63, 3.8) is 0 Å². The molecule has 186 valence electrons. The molecule has 34 heavy (non-hydrogen) atoms. The zero-order chi connectivity index (χ0) is 25.5. The van der Waals surface area contributed by atoms with Gasteiger partial charge in [-0.3, -0.25) is 4.79 Å². The van der Waals surface area contributed by atoms with Crippen molar-refractivity contribution in [2.45, 2.75) is 17.4 Å². The number of anilines is 1. The van der Waals surface area contributed by atoms with Crippen molar-refractivity contribution in [2.75, 3.05) is 33.2 Å². The van der Waals surface area contributed by atoms with E-state index in [1.165, 1.54) is 40.0 Å². The van der Waals surface area contributed by atoms with Crippen LogP contribution in [-0.4, -0.2) is 63.8 Å². The molecule has 2 atom stereocenters. The Labute approximate surface area is 205 Å². The number of alkyl halides is 3. The predicted octanol–water partition coefficient (Wildman–Crippen LogP) is 3.63. The molecule has 1 aromatic rings. The lowest BCUT2D eigenvalue weighted by Crippen LogP contribution is -2.32. The number of allylic oxidation sites excluding steroid dienone is 1. The second-order valence-electron chi connectivity index (χ2n) is 6.43. The largest absolute Gasteiger partial charge is 0.500 e. The van der Waals surface area contributed by atoms with Gasteiger partial charge in [-0.15, -0.1) is 0 Å². The van der Waals surface area contributed by atoms with Crippen LogP contribution in [0.3, 0.4) is 0 Å². The molecule has 1 aromatic carbocycles. The molecule has 0 saturated carbocycles. The number of carbonyl (C=O) groups is 1. The molecular formula is C22H28BrF2N5O4. The number of methoxy groups -OCH3 is 3. The van der Waals surface area contributed by atoms with Gasteiger partial charge in [0.25, 0.3) is 12.3 Å². The first kappa shape index (κ1) is 28.6. The quantitative estimate of drug-likeness (QED) is 0.0882. The van der Waals surface area contributed by atoms with Gasteiger partial charge >= 0.3 is 0 Å². The summed E-state index contributed by atoms with van der Waals surface area (Å²) in [5.74, 6) is 0.0379. The summed E-state index contributed by atoms with van der Waals surface area (Å²) in [7, 11) is 4.40. The maximum Gasteiger partial charge on any atom is 0.255 e. The third-order valence-corrected chi connectivity index (χ3v) is 4.82. The summed E-state index contributed by atoms with van der Waals surface area (Å²) < 4.78 is 40.3. The first-order valence-electron chi connectivity index (χ1n) is 9.84. The fourth-order valence-corrected chi connectivity index (χ4v) is 2.74. The number of halogens is 3. The molecule has 0 radical (unpaired) electrons. The number of hydrogen-bond acceptors (Lipinski definition) is 7. The molecular weight excluding hydrogens is 516 g/mol. The maximum atomic E-state index is 12.5. The second-order valence-corrected chi connectivity index (χ2v) is 7.49. The summed E-state index contributed by atoms with van der Waals surface area (Å²) in [5, 5.41) is 15.6. The van der Waals surface area contributed by atoms with Crippen molar-refractivity contribution in [3.05, 3.63) is 66.0 Å². The Kier molecular flexibility index (Phi) is 13.0. The van der Waals surface area contributed by atoms with E-state index >= 15 is 0 Å². The molecule has 1 amide bonds. The smallest absolute Gasteiger partial charge is 0.255 e. The molecule has 12 heteroatoms. The van der Waals surface area contributed by atoms with Gasteiger partial charge in [-0.05, 0) is 12.1 Å². The number of aliphatic imine (C=N–C) groups is 1. The van der Waals surface area contributed by atoms with Crippen LogP contribution in [0.4, 0.5) is 14.5 Å². The fraction of sp³-hybridized carbons (Fsp3) is 0.318. The predicted molar refractivity (Wildman–Crippen MR) is 132 cm³/mol. The van der Waals surface area contributed by atoms with Crippen LogP contribution < -0.4 is 16.0 Å². The lowest BCUT2D eigenvalue weighted by atomic mass is 10.1. The Morgan fingerprint density at radius 2 is 1.91 bits per heavy atom. The molecule has 0 fully saturated rings. The van der Waals surface area contributed by atoms with E-state index in [1.807, 2.05) is 0 Å². The minimum absolute atomic E-state index is 0.162. The van der Waals surface area contributed by atoms with Crippen molar-refractivity contribution in [1.29, 1.82) is 5.41 Å². The highest BCUT2D eigenvalue weighted by atomic mass is 79.9. The van der Waals surface area contributed by atoms with Crippen LogP contribution in [-0.2, 0) is 14.2 Å². The number of ether oxygens (including phenoxy) is 3. The number of para-hydroxylation sites is 1. The van der Waals surface area contributed by atoms with Crippen molar-refractivity contribution in [3.8, 4) is 0 Å². The first-order chi connectivity index (χ1) is 16.3. The molecule has 0 spiro atoms. The average molecular weight is 544 g/mol. The van der Waals surface area contributed by atoms with Crippen molar-refractivity contribution < 1.29 is 27.8 Å². The van der Waals surface area contributed by atoms with Crippen molar-refractivity contribution in [2.24, 2.45) is 4.99 Å². The highest BCUT2D eigenvalue weighted by Crippen LogP contribution is 2.19. The Hall–Kier alpha value is -3.41. The SMILES string of the molecule is C=C(/C=C(OC)\C(=C\OC)OC)N/C=N/C(Nc1ccccc1C(=O)NCC(F)F)C(Br)C=N.